The van der Waals surface area contributed by atoms with Crippen molar-refractivity contribution in [1.29, 1.82) is 0 Å². The van der Waals surface area contributed by atoms with Crippen LogP contribution in [0.5, 0.6) is 0 Å². The zero-order valence-corrected chi connectivity index (χ0v) is 14.5. The van der Waals surface area contributed by atoms with Crippen molar-refractivity contribution in [2.24, 2.45) is 5.92 Å². The second-order valence-corrected chi connectivity index (χ2v) is 10.5. The Kier molecular flexibility index (Phi) is 3.98. The van der Waals surface area contributed by atoms with Crippen molar-refractivity contribution in [1.82, 2.24) is 10.2 Å². The van der Waals surface area contributed by atoms with E-state index in [-0.39, 0.29) is 11.8 Å². The van der Waals surface area contributed by atoms with Crippen molar-refractivity contribution in [2.75, 3.05) is 49.0 Å². The highest BCUT2D eigenvalue weighted by molar-refractivity contribution is 8.15. The molecule has 23 heavy (non-hydrogen) atoms. The topological polar surface area (TPSA) is 72.9 Å². The van der Waals surface area contributed by atoms with Crippen LogP contribution in [0.2, 0.25) is 0 Å². The lowest BCUT2D eigenvalue weighted by Gasteiger charge is -2.44. The number of carbonyl (C=O) groups is 1. The third-order valence-corrected chi connectivity index (χ3v) is 7.34. The maximum absolute atomic E-state index is 12.8. The van der Waals surface area contributed by atoms with Gasteiger partial charge in [-0.2, -0.15) is 4.21 Å². The SMILES string of the molecule is CC1CN(c2ccc(C(=O)N3CCNCC3)cc2)S(C)(=O)(O)C1. The molecule has 1 atom stereocenters. The van der Waals surface area contributed by atoms with Crippen molar-refractivity contribution in [2.45, 2.75) is 6.92 Å². The summed E-state index contributed by atoms with van der Waals surface area (Å²) in [6.07, 6.45) is 1.43. The van der Waals surface area contributed by atoms with Gasteiger partial charge in [-0.05, 0) is 30.2 Å². The van der Waals surface area contributed by atoms with Crippen LogP contribution in [0.4, 0.5) is 5.69 Å². The van der Waals surface area contributed by atoms with Crippen LogP contribution in [0.1, 0.15) is 17.3 Å². The minimum atomic E-state index is -3.78. The van der Waals surface area contributed by atoms with E-state index in [9.17, 15) is 13.6 Å². The summed E-state index contributed by atoms with van der Waals surface area (Å²) in [5.74, 6) is 0.483. The van der Waals surface area contributed by atoms with Gasteiger partial charge in [0, 0.05) is 44.5 Å². The van der Waals surface area contributed by atoms with Crippen LogP contribution in [0.25, 0.3) is 0 Å². The number of benzene rings is 1. The molecular formula is C16H25N3O3S. The van der Waals surface area contributed by atoms with Crippen LogP contribution in [0.15, 0.2) is 24.3 Å². The first-order valence-corrected chi connectivity index (χ1v) is 10.5. The van der Waals surface area contributed by atoms with Crippen LogP contribution in [-0.4, -0.2) is 64.3 Å². The lowest BCUT2D eigenvalue weighted by Crippen LogP contribution is -2.47. The Bertz CT molecular complexity index is 662. The molecule has 0 spiro atoms. The highest BCUT2D eigenvalue weighted by Gasteiger charge is 2.39. The Hall–Kier alpha value is -1.44. The summed E-state index contributed by atoms with van der Waals surface area (Å²) in [6.45, 7) is 5.61. The number of piperazine rings is 1. The van der Waals surface area contributed by atoms with Gasteiger partial charge in [0.1, 0.15) is 0 Å². The van der Waals surface area contributed by atoms with Gasteiger partial charge in [0.2, 0.25) is 0 Å². The maximum atomic E-state index is 12.8. The third-order valence-electron chi connectivity index (χ3n) is 4.52. The molecule has 128 valence electrons. The summed E-state index contributed by atoms with van der Waals surface area (Å²) in [7, 11) is -3.78. The Morgan fingerprint density at radius 2 is 1.87 bits per heavy atom. The minimum absolute atomic E-state index is 0.0194. The molecule has 1 amide bonds. The summed E-state index contributed by atoms with van der Waals surface area (Å²) < 4.78 is 24.9. The summed E-state index contributed by atoms with van der Waals surface area (Å²) in [4.78, 5) is 14.3. The molecule has 0 radical (unpaired) electrons. The largest absolute Gasteiger partial charge is 0.336 e. The number of anilines is 1. The molecule has 1 unspecified atom stereocenters. The molecule has 3 rings (SSSR count). The van der Waals surface area contributed by atoms with Gasteiger partial charge >= 0.3 is 0 Å². The predicted octanol–water partition coefficient (Wildman–Crippen LogP) is 1.03. The van der Waals surface area contributed by atoms with Gasteiger partial charge in [-0.25, -0.2) is 0 Å². The molecule has 1 aromatic carbocycles. The highest BCUT2D eigenvalue weighted by atomic mass is 32.3. The quantitative estimate of drug-likeness (QED) is 0.844. The average molecular weight is 339 g/mol. The number of carbonyl (C=O) groups excluding carboxylic acids is 1. The summed E-state index contributed by atoms with van der Waals surface area (Å²) in [6, 6.07) is 7.07. The smallest absolute Gasteiger partial charge is 0.253 e. The first-order chi connectivity index (χ1) is 10.7. The van der Waals surface area contributed by atoms with E-state index in [0.717, 1.165) is 13.1 Å². The average Bonchev–Trinajstić information content (AvgIpc) is 2.76. The van der Waals surface area contributed by atoms with Crippen LogP contribution >= 0.6 is 0 Å². The van der Waals surface area contributed by atoms with E-state index in [1.54, 1.807) is 28.6 Å². The number of hydrogen-bond acceptors (Lipinski definition) is 3. The Morgan fingerprint density at radius 1 is 1.26 bits per heavy atom. The molecule has 6 nitrogen and oxygen atoms in total. The number of amides is 1. The fourth-order valence-electron chi connectivity index (χ4n) is 3.47. The molecule has 2 aliphatic rings. The first-order valence-electron chi connectivity index (χ1n) is 8.00. The molecule has 2 heterocycles. The summed E-state index contributed by atoms with van der Waals surface area (Å²) in [5, 5.41) is 3.23. The van der Waals surface area contributed by atoms with E-state index in [2.05, 4.69) is 5.32 Å². The predicted molar refractivity (Wildman–Crippen MR) is 93.3 cm³/mol. The minimum Gasteiger partial charge on any atom is -0.336 e. The Morgan fingerprint density at radius 3 is 2.39 bits per heavy atom. The second-order valence-electron chi connectivity index (χ2n) is 6.85. The lowest BCUT2D eigenvalue weighted by molar-refractivity contribution is 0.0736. The molecule has 2 N–H and O–H groups in total. The second kappa shape index (κ2) is 5.58. The van der Waals surface area contributed by atoms with Crippen molar-refractivity contribution in [3.63, 3.8) is 0 Å². The first kappa shape index (κ1) is 16.4. The molecule has 2 aliphatic heterocycles. The van der Waals surface area contributed by atoms with Gasteiger partial charge in [-0.3, -0.25) is 13.7 Å². The van der Waals surface area contributed by atoms with Crippen LogP contribution in [-0.2, 0) is 9.53 Å². The fraction of sp³-hybridized carbons (Fsp3) is 0.562. The van der Waals surface area contributed by atoms with Gasteiger partial charge < -0.3 is 10.2 Å². The molecule has 2 saturated heterocycles. The molecule has 2 fully saturated rings. The van der Waals surface area contributed by atoms with E-state index in [1.807, 2.05) is 11.8 Å². The van der Waals surface area contributed by atoms with E-state index in [0.29, 0.717) is 36.6 Å². The number of rotatable bonds is 2. The zero-order valence-electron chi connectivity index (χ0n) is 13.7. The van der Waals surface area contributed by atoms with Gasteiger partial charge in [-0.1, -0.05) is 6.92 Å². The number of nitrogens with one attached hydrogen (secondary N) is 1. The normalized spacial score (nSPS) is 28.1. The van der Waals surface area contributed by atoms with Crippen molar-refractivity contribution in [3.8, 4) is 0 Å². The van der Waals surface area contributed by atoms with Gasteiger partial charge in [0.05, 0.1) is 11.4 Å². The highest BCUT2D eigenvalue weighted by Crippen LogP contribution is 2.38. The maximum Gasteiger partial charge on any atom is 0.253 e. The number of nitrogens with zero attached hydrogens (tertiary/aromatic N) is 2. The fourth-order valence-corrected chi connectivity index (χ4v) is 6.36. The molecule has 0 aromatic heterocycles. The van der Waals surface area contributed by atoms with Crippen LogP contribution in [0.3, 0.4) is 0 Å². The Labute approximate surface area is 137 Å². The van der Waals surface area contributed by atoms with Crippen LogP contribution < -0.4 is 9.62 Å². The molecule has 0 aliphatic carbocycles. The van der Waals surface area contributed by atoms with Crippen LogP contribution in [0, 0.1) is 5.92 Å². The Balaban J connectivity index is 1.80. The summed E-state index contributed by atoms with van der Waals surface area (Å²) >= 11 is 0. The monoisotopic (exact) mass is 339 g/mol. The molecule has 7 heteroatoms. The van der Waals surface area contributed by atoms with E-state index in [4.69, 9.17) is 0 Å². The van der Waals surface area contributed by atoms with E-state index < -0.39 is 9.53 Å². The molecule has 1 aromatic rings. The summed E-state index contributed by atoms with van der Waals surface area (Å²) in [5.41, 5.74) is 1.33. The van der Waals surface area contributed by atoms with Gasteiger partial charge in [-0.15, -0.1) is 9.53 Å². The third kappa shape index (κ3) is 3.27. The molecular weight excluding hydrogens is 314 g/mol. The van der Waals surface area contributed by atoms with Crippen molar-refractivity contribution < 1.29 is 13.6 Å². The zero-order chi connectivity index (χ0) is 16.7. The van der Waals surface area contributed by atoms with Gasteiger partial charge in [0.15, 0.2) is 0 Å². The van der Waals surface area contributed by atoms with Crippen molar-refractivity contribution >= 4 is 21.1 Å². The molecule has 0 saturated carbocycles. The van der Waals surface area contributed by atoms with E-state index >= 15 is 0 Å². The standard InChI is InChI=1S/C16H25N3O3S/c1-13-11-19(23(2,21,22)12-13)15-5-3-14(4-6-15)16(20)18-9-7-17-8-10-18/h3-6,13,17H,7-12H2,1-2H3,(H,21,22). The van der Waals surface area contributed by atoms with E-state index in [1.165, 1.54) is 6.26 Å². The molecule has 0 bridgehead atoms. The number of hydrogen-bond donors (Lipinski definition) is 2. The van der Waals surface area contributed by atoms with Gasteiger partial charge in [0.25, 0.3) is 5.91 Å². The van der Waals surface area contributed by atoms with Crippen molar-refractivity contribution in [3.05, 3.63) is 29.8 Å². The lowest BCUT2D eigenvalue weighted by atomic mass is 10.1.